The quantitative estimate of drug-likeness (QED) is 0.181. The molecule has 0 aliphatic carbocycles. The van der Waals surface area contributed by atoms with Gasteiger partial charge in [-0.15, -0.1) is 11.8 Å². The minimum atomic E-state index is -3.36. The summed E-state index contributed by atoms with van der Waals surface area (Å²) < 4.78 is 103. The Balaban J connectivity index is 0.000000285. The van der Waals surface area contributed by atoms with Crippen LogP contribution in [0.15, 0.2) is 22.0 Å². The summed E-state index contributed by atoms with van der Waals surface area (Å²) >= 11 is 2.73. The minimum absolute atomic E-state index is 0.0447. The van der Waals surface area contributed by atoms with E-state index in [1.165, 1.54) is 23.5 Å². The van der Waals surface area contributed by atoms with Gasteiger partial charge in [-0.1, -0.05) is 11.8 Å². The summed E-state index contributed by atoms with van der Waals surface area (Å²) in [5, 5.41) is 8.53. The van der Waals surface area contributed by atoms with Crippen molar-refractivity contribution in [1.82, 2.24) is 19.1 Å². The van der Waals surface area contributed by atoms with Crippen LogP contribution in [0, 0.1) is 11.6 Å². The Labute approximate surface area is 324 Å². The zero-order chi connectivity index (χ0) is 41.2. The van der Waals surface area contributed by atoms with Crippen molar-refractivity contribution in [2.24, 2.45) is 0 Å². The van der Waals surface area contributed by atoms with Crippen LogP contribution in [0.25, 0.3) is 0 Å². The number of aliphatic hydroxyl groups excluding tert-OH is 1. The highest BCUT2D eigenvalue weighted by molar-refractivity contribution is 8.00. The molecule has 0 bridgehead atoms. The van der Waals surface area contributed by atoms with Crippen molar-refractivity contribution in [1.29, 1.82) is 0 Å². The van der Waals surface area contributed by atoms with E-state index in [2.05, 4.69) is 14.7 Å². The van der Waals surface area contributed by atoms with Crippen LogP contribution in [0.4, 0.5) is 20.4 Å². The number of nitrogens with zero attached hydrogens (tertiary/aromatic N) is 4. The summed E-state index contributed by atoms with van der Waals surface area (Å²) in [4.78, 5) is 39.7. The summed E-state index contributed by atoms with van der Waals surface area (Å²) in [5.74, 6) is -0.990. The van der Waals surface area contributed by atoms with Gasteiger partial charge in [0.05, 0.1) is 61.1 Å². The van der Waals surface area contributed by atoms with E-state index >= 15 is 0 Å². The molecule has 3 fully saturated rings. The highest BCUT2D eigenvalue weighted by Gasteiger charge is 2.33. The topological polar surface area (TPSA) is 284 Å². The molecule has 3 saturated heterocycles. The molecule has 314 valence electrons. The third kappa shape index (κ3) is 16.6. The number of anilines is 2. The van der Waals surface area contributed by atoms with Gasteiger partial charge in [-0.25, -0.2) is 18.4 Å². The lowest BCUT2D eigenvalue weighted by Crippen LogP contribution is -2.29. The third-order valence-corrected chi connectivity index (χ3v) is 12.4. The second kappa shape index (κ2) is 24.5. The maximum absolute atomic E-state index is 13.5. The van der Waals surface area contributed by atoms with Gasteiger partial charge in [0.15, 0.2) is 42.1 Å². The first kappa shape index (κ1) is 48.8. The number of ether oxygens (including phenoxy) is 4. The molecule has 2 aromatic rings. The van der Waals surface area contributed by atoms with E-state index in [4.69, 9.17) is 48.9 Å². The first-order chi connectivity index (χ1) is 26.0. The van der Waals surface area contributed by atoms with Gasteiger partial charge in [0.25, 0.3) is 0 Å². The largest absolute Gasteiger partial charge is 0.454 e. The van der Waals surface area contributed by atoms with Gasteiger partial charge in [0.2, 0.25) is 5.62 Å². The zero-order valence-corrected chi connectivity index (χ0v) is 34.4. The number of carbonyl (C=O) groups is 1. The van der Waals surface area contributed by atoms with E-state index in [0.717, 1.165) is 21.5 Å². The third-order valence-electron chi connectivity index (χ3n) is 6.22. The molecule has 4 atom stereocenters. The van der Waals surface area contributed by atoms with Gasteiger partial charge in [0.1, 0.15) is 18.2 Å². The van der Waals surface area contributed by atoms with Crippen molar-refractivity contribution >= 4 is 67.1 Å². The number of aliphatic hydroxyl groups is 1. The number of halogens is 2. The van der Waals surface area contributed by atoms with Crippen molar-refractivity contribution < 1.29 is 69.1 Å². The molecule has 55 heavy (non-hydrogen) atoms. The number of hydrogen-bond acceptors (Lipinski definition) is 21. The van der Waals surface area contributed by atoms with Crippen LogP contribution in [0.3, 0.4) is 0 Å². The lowest BCUT2D eigenvalue weighted by molar-refractivity contribution is -0.136. The molecule has 3 aliphatic heterocycles. The number of carbonyl (C=O) groups excluding carboxylic acids is 1. The first-order valence-electron chi connectivity index (χ1n) is 16.1. The van der Waals surface area contributed by atoms with E-state index in [-0.39, 0.29) is 50.4 Å². The molecule has 0 radical (unpaired) electrons. The second-order valence-electron chi connectivity index (χ2n) is 10.2. The fourth-order valence-corrected chi connectivity index (χ4v) is 8.86. The summed E-state index contributed by atoms with van der Waals surface area (Å²) in [6, 6.07) is 0. The Morgan fingerprint density at radius 1 is 0.909 bits per heavy atom. The average molecular weight is 889 g/mol. The second-order valence-corrected chi connectivity index (χ2v) is 17.6. The number of rotatable bonds is 14. The van der Waals surface area contributed by atoms with Crippen LogP contribution in [-0.2, 0) is 61.8 Å². The molecule has 5 rings (SSSR count). The van der Waals surface area contributed by atoms with Crippen LogP contribution in [0.5, 0.6) is 0 Å². The van der Waals surface area contributed by atoms with E-state index in [9.17, 15) is 36.5 Å². The normalized spacial score (nSPS) is 20.7. The average Bonchev–Trinajstić information content (AvgIpc) is 3.92. The highest BCUT2D eigenvalue weighted by atomic mass is 32.2. The van der Waals surface area contributed by atoms with Crippen molar-refractivity contribution in [3.05, 3.63) is 45.0 Å². The molecular weight excluding hydrogens is 844 g/mol. The number of nitrogens with two attached hydrogens (primary N) is 2. The Bertz CT molecular complexity index is 1750. The number of cyclic esters (lactones) is 1. The Kier molecular flexibility index (Phi) is 21.7. The van der Waals surface area contributed by atoms with Crippen LogP contribution in [0.2, 0.25) is 0 Å². The summed E-state index contributed by atoms with van der Waals surface area (Å²) in [6.45, 7) is 7.79. The van der Waals surface area contributed by atoms with Crippen LogP contribution < -0.4 is 22.8 Å². The number of nitrogen functional groups attached to an aromatic ring is 2. The van der Waals surface area contributed by atoms with Crippen molar-refractivity contribution in [2.45, 2.75) is 45.8 Å². The van der Waals surface area contributed by atoms with Crippen molar-refractivity contribution in [2.75, 3.05) is 79.7 Å². The lowest BCUT2D eigenvalue weighted by atomic mass is 10.5. The van der Waals surface area contributed by atoms with E-state index in [1.807, 2.05) is 0 Å². The van der Waals surface area contributed by atoms with E-state index in [1.54, 1.807) is 27.7 Å². The van der Waals surface area contributed by atoms with Crippen LogP contribution in [-0.4, -0.2) is 108 Å². The zero-order valence-electron chi connectivity index (χ0n) is 30.1. The number of aromatic nitrogens is 4. The molecule has 0 aromatic carbocycles. The molecule has 3 aliphatic rings. The number of hydrogen-bond donors (Lipinski definition) is 3. The molecule has 2 aromatic heterocycles. The lowest BCUT2D eigenvalue weighted by Gasteiger charge is -2.19. The van der Waals surface area contributed by atoms with Crippen LogP contribution in [0.1, 0.15) is 40.2 Å². The maximum atomic E-state index is 13.5. The van der Waals surface area contributed by atoms with E-state index in [0.29, 0.717) is 17.4 Å². The minimum Gasteiger partial charge on any atom is -0.454 e. The molecule has 5 heterocycles. The monoisotopic (exact) mass is 888 g/mol. The predicted octanol–water partition coefficient (Wildman–Crippen LogP) is 2.39. The summed E-state index contributed by atoms with van der Waals surface area (Å²) in [5.41, 5.74) is 8.12. The van der Waals surface area contributed by atoms with E-state index < -0.39 is 85.1 Å². The fourth-order valence-electron chi connectivity index (χ4n) is 3.94. The maximum Gasteiger partial charge on any atom is 0.356 e. The Morgan fingerprint density at radius 3 is 1.82 bits per heavy atom. The molecule has 28 heteroatoms. The first-order valence-corrected chi connectivity index (χ1v) is 23.2. The molecule has 21 nitrogen and oxygen atoms in total. The Hall–Kier alpha value is -2.32. The molecule has 0 amide bonds. The molecule has 0 saturated carbocycles. The Morgan fingerprint density at radius 2 is 1.42 bits per heavy atom. The van der Waals surface area contributed by atoms with Gasteiger partial charge in [-0.3, -0.25) is 27.3 Å². The highest BCUT2D eigenvalue weighted by Crippen LogP contribution is 2.49. The fraction of sp³-hybridized carbons (Fsp3) is 0.667. The molecule has 5 N–H and O–H groups in total. The summed E-state index contributed by atoms with van der Waals surface area (Å²) in [6.07, 6.45) is -0.479. The van der Waals surface area contributed by atoms with Crippen LogP contribution >= 0.6 is 38.7 Å². The molecular formula is C27H44F2N6O15P2S3. The summed E-state index contributed by atoms with van der Waals surface area (Å²) in [7, 11) is -7.64. The smallest absolute Gasteiger partial charge is 0.356 e. The SMILES string of the molecule is CCOP(=O)(CO)OCC.CCOP(=O)(COC1OC(n2cc(F)c(N)nc2=O)CS1)OCC.Nc1nc(=O)n(C2CS(=O)CO2)cc1F.O=C1CSCO1. The van der Waals surface area contributed by atoms with Gasteiger partial charge in [-0.2, -0.15) is 9.97 Å². The van der Waals surface area contributed by atoms with Gasteiger partial charge in [-0.05, 0) is 27.7 Å². The van der Waals surface area contributed by atoms with Gasteiger partial charge >= 0.3 is 32.5 Å². The number of thioether (sulfide) groups is 2. The molecule has 0 spiro atoms. The van der Waals surface area contributed by atoms with Gasteiger partial charge in [0, 0.05) is 5.75 Å². The number of esters is 1. The predicted molar refractivity (Wildman–Crippen MR) is 198 cm³/mol. The van der Waals surface area contributed by atoms with Crippen molar-refractivity contribution in [3.8, 4) is 0 Å². The molecule has 4 unspecified atom stereocenters. The standard InChI is InChI=1S/C12H19FN3O6PS.C7H8FN3O3S.C5H13O4P.C3H4O2S/c1-3-20-23(18,21-4-2)7-19-12-22-9(6-24-12)16-5-8(13)10(14)15-11(16)17;8-4-1-11(7(12)10-6(4)9)5-2-15(13)3-14-5;1-3-8-10(7,5-6)9-4-2;4-3-1-6-2-5-3/h5,9,12H,3-4,6-7H2,1-2H3,(H2,14,15,17);1,5H,2-3H2,(H2,9,10,12);6H,3-5H2,1-2H3;1-2H2. The van der Waals surface area contributed by atoms with Crippen molar-refractivity contribution in [3.63, 3.8) is 0 Å². The van der Waals surface area contributed by atoms with Gasteiger partial charge < -0.3 is 53.6 Å².